The number of amides is 3. The molecule has 196 valence electrons. The summed E-state index contributed by atoms with van der Waals surface area (Å²) < 4.78 is 5.24. The lowest BCUT2D eigenvalue weighted by Crippen LogP contribution is -2.68. The first-order valence-corrected chi connectivity index (χ1v) is 13.3. The number of benzene rings is 2. The van der Waals surface area contributed by atoms with Gasteiger partial charge in [0.25, 0.3) is 5.91 Å². The van der Waals surface area contributed by atoms with Gasteiger partial charge in [0.05, 0.1) is 19.6 Å². The third-order valence-electron chi connectivity index (χ3n) is 7.97. The summed E-state index contributed by atoms with van der Waals surface area (Å²) in [5.74, 6) is 0.184. The summed E-state index contributed by atoms with van der Waals surface area (Å²) in [6, 6.07) is 16.3. The first kappa shape index (κ1) is 25.3. The van der Waals surface area contributed by atoms with Crippen LogP contribution >= 0.6 is 0 Å². The van der Waals surface area contributed by atoms with Gasteiger partial charge in [-0.05, 0) is 42.7 Å². The average Bonchev–Trinajstić information content (AvgIpc) is 2.94. The highest BCUT2D eigenvalue weighted by Crippen LogP contribution is 2.31. The van der Waals surface area contributed by atoms with Gasteiger partial charge in [0.15, 0.2) is 0 Å². The number of hydrogen-bond donors (Lipinski definition) is 1. The van der Waals surface area contributed by atoms with Gasteiger partial charge in [0.2, 0.25) is 11.8 Å². The average molecular weight is 505 g/mol. The largest absolute Gasteiger partial charge is 0.497 e. The van der Waals surface area contributed by atoms with Crippen molar-refractivity contribution in [2.45, 2.75) is 56.8 Å². The van der Waals surface area contributed by atoms with E-state index in [1.165, 1.54) is 5.56 Å². The van der Waals surface area contributed by atoms with Crippen molar-refractivity contribution < 1.29 is 19.1 Å². The normalized spacial score (nSPS) is 24.2. The second kappa shape index (κ2) is 11.3. The molecule has 0 spiro atoms. The van der Waals surface area contributed by atoms with Gasteiger partial charge in [-0.2, -0.15) is 0 Å². The van der Waals surface area contributed by atoms with Crippen LogP contribution in [0.25, 0.3) is 0 Å². The summed E-state index contributed by atoms with van der Waals surface area (Å²) in [6.45, 7) is 3.69. The van der Waals surface area contributed by atoms with Crippen LogP contribution in [0.3, 0.4) is 0 Å². The number of rotatable bonds is 6. The van der Waals surface area contributed by atoms with E-state index in [1.807, 2.05) is 23.1 Å². The Morgan fingerprint density at radius 1 is 0.946 bits per heavy atom. The zero-order valence-corrected chi connectivity index (χ0v) is 21.5. The molecular formula is C29H36N4O4. The van der Waals surface area contributed by atoms with Crippen molar-refractivity contribution in [2.24, 2.45) is 0 Å². The molecule has 5 rings (SSSR count). The molecule has 8 nitrogen and oxygen atoms in total. The minimum atomic E-state index is -0.802. The molecule has 3 aliphatic rings. The fourth-order valence-corrected chi connectivity index (χ4v) is 5.91. The number of ether oxygens (including phenoxy) is 1. The van der Waals surface area contributed by atoms with Crippen molar-refractivity contribution in [3.05, 3.63) is 65.7 Å². The third-order valence-corrected chi connectivity index (χ3v) is 7.97. The fraction of sp³-hybridized carbons (Fsp3) is 0.483. The highest BCUT2D eigenvalue weighted by atomic mass is 16.5. The number of nitrogens with one attached hydrogen (secondary N) is 1. The van der Waals surface area contributed by atoms with E-state index in [4.69, 9.17) is 4.74 Å². The second-order valence-corrected chi connectivity index (χ2v) is 10.3. The summed E-state index contributed by atoms with van der Waals surface area (Å²) in [7, 11) is 1.58. The van der Waals surface area contributed by atoms with Crippen LogP contribution in [0.4, 0.5) is 0 Å². The van der Waals surface area contributed by atoms with E-state index in [1.54, 1.807) is 36.3 Å². The van der Waals surface area contributed by atoms with Crippen LogP contribution in [0.5, 0.6) is 5.75 Å². The predicted octanol–water partition coefficient (Wildman–Crippen LogP) is 2.68. The van der Waals surface area contributed by atoms with Crippen molar-refractivity contribution in [2.75, 3.05) is 33.3 Å². The Morgan fingerprint density at radius 2 is 1.65 bits per heavy atom. The van der Waals surface area contributed by atoms with Crippen LogP contribution < -0.4 is 10.1 Å². The van der Waals surface area contributed by atoms with Crippen LogP contribution in [0.1, 0.15) is 48.0 Å². The van der Waals surface area contributed by atoms with E-state index in [9.17, 15) is 14.4 Å². The van der Waals surface area contributed by atoms with Crippen molar-refractivity contribution in [1.29, 1.82) is 0 Å². The number of carbonyl (C=O) groups excluding carboxylic acids is 3. The van der Waals surface area contributed by atoms with Crippen molar-refractivity contribution in [3.63, 3.8) is 0 Å². The highest BCUT2D eigenvalue weighted by Gasteiger charge is 2.46. The van der Waals surface area contributed by atoms with Crippen molar-refractivity contribution >= 4 is 17.7 Å². The molecule has 3 unspecified atom stereocenters. The van der Waals surface area contributed by atoms with E-state index in [2.05, 4.69) is 22.3 Å². The fourth-order valence-electron chi connectivity index (χ4n) is 5.91. The molecule has 2 aliphatic heterocycles. The van der Waals surface area contributed by atoms with Crippen LogP contribution in [0.15, 0.2) is 54.6 Å². The van der Waals surface area contributed by atoms with Gasteiger partial charge >= 0.3 is 0 Å². The lowest BCUT2D eigenvalue weighted by atomic mass is 9.84. The maximum absolute atomic E-state index is 13.8. The quantitative estimate of drug-likeness (QED) is 0.654. The Morgan fingerprint density at radius 3 is 2.35 bits per heavy atom. The Labute approximate surface area is 218 Å². The SMILES string of the molecule is COc1ccc(C(=O)N2C(CC(=O)N3CCN(Cc4ccccc4)CC3)C(=O)NC3CCCCC32)cc1. The molecule has 2 heterocycles. The third kappa shape index (κ3) is 5.64. The molecule has 1 aliphatic carbocycles. The van der Waals surface area contributed by atoms with Gasteiger partial charge in [-0.15, -0.1) is 0 Å². The van der Waals surface area contributed by atoms with Crippen LogP contribution in [-0.2, 0) is 16.1 Å². The molecule has 1 N–H and O–H groups in total. The molecule has 2 aromatic carbocycles. The minimum Gasteiger partial charge on any atom is -0.497 e. The van der Waals surface area contributed by atoms with E-state index in [0.717, 1.165) is 45.3 Å². The molecule has 8 heteroatoms. The number of nitrogens with zero attached hydrogens (tertiary/aromatic N) is 3. The molecule has 2 aromatic rings. The first-order chi connectivity index (χ1) is 18.0. The second-order valence-electron chi connectivity index (χ2n) is 10.3. The summed E-state index contributed by atoms with van der Waals surface area (Å²) in [5, 5.41) is 3.13. The van der Waals surface area contributed by atoms with Gasteiger partial charge in [-0.25, -0.2) is 0 Å². The van der Waals surface area contributed by atoms with Crippen molar-refractivity contribution in [3.8, 4) is 5.75 Å². The number of methoxy groups -OCH3 is 1. The molecule has 1 saturated carbocycles. The van der Waals surface area contributed by atoms with E-state index in [-0.39, 0.29) is 36.2 Å². The van der Waals surface area contributed by atoms with Crippen LogP contribution in [0, 0.1) is 0 Å². The zero-order valence-electron chi connectivity index (χ0n) is 21.5. The van der Waals surface area contributed by atoms with Gasteiger partial charge < -0.3 is 19.9 Å². The Hall–Kier alpha value is -3.39. The minimum absolute atomic E-state index is 0.00956. The molecule has 0 aromatic heterocycles. The molecule has 3 fully saturated rings. The molecule has 37 heavy (non-hydrogen) atoms. The molecule has 0 radical (unpaired) electrons. The number of hydrogen-bond acceptors (Lipinski definition) is 5. The number of carbonyl (C=O) groups is 3. The van der Waals surface area contributed by atoms with Gasteiger partial charge in [0, 0.05) is 44.3 Å². The van der Waals surface area contributed by atoms with Crippen LogP contribution in [0.2, 0.25) is 0 Å². The van der Waals surface area contributed by atoms with Gasteiger partial charge in [-0.1, -0.05) is 43.2 Å². The predicted molar refractivity (Wildman–Crippen MR) is 140 cm³/mol. The summed E-state index contributed by atoms with van der Waals surface area (Å²) in [6.07, 6.45) is 3.73. The topological polar surface area (TPSA) is 82.2 Å². The Kier molecular flexibility index (Phi) is 7.74. The van der Waals surface area contributed by atoms with Crippen molar-refractivity contribution in [1.82, 2.24) is 20.0 Å². The van der Waals surface area contributed by atoms with Crippen LogP contribution in [-0.4, -0.2) is 83.8 Å². The molecule has 0 bridgehead atoms. The standard InChI is InChI=1S/C29H36N4O4/c1-37-23-13-11-22(12-14-23)29(36)33-25-10-6-5-9-24(25)30-28(35)26(33)19-27(34)32-17-15-31(16-18-32)20-21-7-3-2-4-8-21/h2-4,7-8,11-14,24-26H,5-6,9-10,15-20H2,1H3,(H,30,35). The van der Waals surface area contributed by atoms with Gasteiger partial charge in [0.1, 0.15) is 11.8 Å². The molecule has 3 amide bonds. The summed E-state index contributed by atoms with van der Waals surface area (Å²) in [5.41, 5.74) is 1.77. The highest BCUT2D eigenvalue weighted by molar-refractivity contribution is 6.00. The molecule has 3 atom stereocenters. The maximum Gasteiger partial charge on any atom is 0.254 e. The summed E-state index contributed by atoms with van der Waals surface area (Å²) in [4.78, 5) is 46.3. The number of fused-ring (bicyclic) bond motifs is 1. The lowest BCUT2D eigenvalue weighted by molar-refractivity contribution is -0.141. The van der Waals surface area contributed by atoms with E-state index >= 15 is 0 Å². The molecule has 2 saturated heterocycles. The smallest absolute Gasteiger partial charge is 0.254 e. The van der Waals surface area contributed by atoms with E-state index < -0.39 is 6.04 Å². The Bertz CT molecular complexity index is 1100. The monoisotopic (exact) mass is 504 g/mol. The maximum atomic E-state index is 13.8. The summed E-state index contributed by atoms with van der Waals surface area (Å²) >= 11 is 0. The van der Waals surface area contributed by atoms with E-state index in [0.29, 0.717) is 24.4 Å². The van der Waals surface area contributed by atoms with Gasteiger partial charge in [-0.3, -0.25) is 19.3 Å². The molecular weight excluding hydrogens is 468 g/mol. The lowest BCUT2D eigenvalue weighted by Gasteiger charge is -2.48. The Balaban J connectivity index is 1.28. The zero-order chi connectivity index (χ0) is 25.8. The first-order valence-electron chi connectivity index (χ1n) is 13.3. The number of piperazine rings is 2.